The van der Waals surface area contributed by atoms with E-state index in [4.69, 9.17) is 4.74 Å². The van der Waals surface area contributed by atoms with E-state index in [1.165, 1.54) is 6.92 Å². The Hall–Kier alpha value is -2.21. The van der Waals surface area contributed by atoms with Crippen LogP contribution in [0.25, 0.3) is 10.9 Å². The highest BCUT2D eigenvalue weighted by Gasteiger charge is 2.30. The first-order chi connectivity index (χ1) is 10.9. The van der Waals surface area contributed by atoms with E-state index in [2.05, 4.69) is 21.8 Å². The molecule has 0 atom stereocenters. The molecule has 1 saturated heterocycles. The zero-order valence-electron chi connectivity index (χ0n) is 13.7. The Labute approximate surface area is 134 Å². The molecule has 0 spiro atoms. The van der Waals surface area contributed by atoms with Crippen molar-refractivity contribution in [3.8, 4) is 0 Å². The molecule has 3 heterocycles. The first-order valence-corrected chi connectivity index (χ1v) is 7.76. The number of carbonyl (C=O) groups is 1. The monoisotopic (exact) mass is 315 g/mol. The van der Waals surface area contributed by atoms with E-state index < -0.39 is 0 Å². The van der Waals surface area contributed by atoms with Gasteiger partial charge in [-0.25, -0.2) is 0 Å². The van der Waals surface area contributed by atoms with Gasteiger partial charge in [0.15, 0.2) is 5.78 Å². The summed E-state index contributed by atoms with van der Waals surface area (Å²) in [5.74, 6) is -0.0883. The summed E-state index contributed by atoms with van der Waals surface area (Å²) < 4.78 is 5.58. The molecule has 0 amide bonds. The number of nitrogens with one attached hydrogen (secondary N) is 1. The van der Waals surface area contributed by atoms with Crippen molar-refractivity contribution in [3.63, 3.8) is 0 Å². The molecular formula is C17H21N3O3. The van der Waals surface area contributed by atoms with E-state index in [9.17, 15) is 9.59 Å². The third kappa shape index (κ3) is 2.99. The van der Waals surface area contributed by atoms with E-state index >= 15 is 0 Å². The van der Waals surface area contributed by atoms with Gasteiger partial charge in [-0.05, 0) is 25.8 Å². The molecule has 23 heavy (non-hydrogen) atoms. The zero-order chi connectivity index (χ0) is 16.6. The maximum atomic E-state index is 11.9. The van der Waals surface area contributed by atoms with Gasteiger partial charge in [-0.1, -0.05) is 0 Å². The Morgan fingerprint density at radius 2 is 2.04 bits per heavy atom. The molecule has 2 aromatic rings. The molecule has 1 fully saturated rings. The molecule has 3 rings (SSSR count). The first-order valence-electron chi connectivity index (χ1n) is 7.76. The lowest BCUT2D eigenvalue weighted by Crippen LogP contribution is -2.44. The maximum Gasteiger partial charge on any atom is 0.250 e. The summed E-state index contributed by atoms with van der Waals surface area (Å²) in [4.78, 5) is 32.6. The lowest BCUT2D eigenvalue weighted by atomic mass is 9.93. The standard InChI is InChI=1S/C17H21N3O3/c1-11(21)13-8-12-14(10-18-13)19-16(22)9-15(12)20-6-4-17(2,23-3)5-7-20/h8-10H,4-7H2,1-3H3,(H,19,22). The largest absolute Gasteiger partial charge is 0.378 e. The summed E-state index contributed by atoms with van der Waals surface area (Å²) in [7, 11) is 1.74. The molecule has 1 N–H and O–H groups in total. The lowest BCUT2D eigenvalue weighted by molar-refractivity contribution is -0.0132. The third-order valence-electron chi connectivity index (χ3n) is 4.72. The Bertz CT molecular complexity index is 804. The molecule has 0 unspecified atom stereocenters. The Balaban J connectivity index is 2.04. The number of aromatic amines is 1. The molecular weight excluding hydrogens is 294 g/mol. The van der Waals surface area contributed by atoms with Gasteiger partial charge in [0, 0.05) is 38.6 Å². The van der Waals surface area contributed by atoms with E-state index in [1.54, 1.807) is 25.4 Å². The second-order valence-electron chi connectivity index (χ2n) is 6.33. The number of nitrogens with zero attached hydrogens (tertiary/aromatic N) is 2. The summed E-state index contributed by atoms with van der Waals surface area (Å²) >= 11 is 0. The van der Waals surface area contributed by atoms with Crippen LogP contribution in [-0.4, -0.2) is 41.6 Å². The Morgan fingerprint density at radius 3 is 2.65 bits per heavy atom. The van der Waals surface area contributed by atoms with Gasteiger partial charge < -0.3 is 14.6 Å². The van der Waals surface area contributed by atoms with Crippen LogP contribution in [0.15, 0.2) is 23.1 Å². The number of carbonyl (C=O) groups excluding carboxylic acids is 1. The van der Waals surface area contributed by atoms with Crippen LogP contribution >= 0.6 is 0 Å². The molecule has 1 aliphatic heterocycles. The minimum Gasteiger partial charge on any atom is -0.378 e. The number of piperidine rings is 1. The quantitative estimate of drug-likeness (QED) is 0.878. The van der Waals surface area contributed by atoms with Crippen molar-refractivity contribution in [1.82, 2.24) is 9.97 Å². The summed E-state index contributed by atoms with van der Waals surface area (Å²) in [5, 5.41) is 0.853. The smallest absolute Gasteiger partial charge is 0.250 e. The van der Waals surface area contributed by atoms with Crippen LogP contribution in [0, 0.1) is 0 Å². The minimum absolute atomic E-state index is 0.0883. The van der Waals surface area contributed by atoms with Crippen molar-refractivity contribution in [2.75, 3.05) is 25.1 Å². The normalized spacial score (nSPS) is 17.4. The molecule has 122 valence electrons. The van der Waals surface area contributed by atoms with Crippen molar-refractivity contribution in [2.24, 2.45) is 0 Å². The number of anilines is 1. The number of rotatable bonds is 3. The van der Waals surface area contributed by atoms with Gasteiger partial charge in [0.2, 0.25) is 0 Å². The fourth-order valence-corrected chi connectivity index (χ4v) is 3.02. The number of methoxy groups -OCH3 is 1. The Morgan fingerprint density at radius 1 is 1.35 bits per heavy atom. The molecule has 0 bridgehead atoms. The fourth-order valence-electron chi connectivity index (χ4n) is 3.02. The van der Waals surface area contributed by atoms with Gasteiger partial charge in [0.05, 0.1) is 23.0 Å². The molecule has 1 aliphatic rings. The molecule has 6 heteroatoms. The number of H-pyrrole nitrogens is 1. The number of hydrogen-bond donors (Lipinski definition) is 1. The number of ether oxygens (including phenoxy) is 1. The molecule has 0 aliphatic carbocycles. The van der Waals surface area contributed by atoms with E-state index in [0.29, 0.717) is 11.2 Å². The van der Waals surface area contributed by atoms with Crippen LogP contribution in [0.2, 0.25) is 0 Å². The molecule has 2 aromatic heterocycles. The van der Waals surface area contributed by atoms with Crippen LogP contribution in [0.3, 0.4) is 0 Å². The number of fused-ring (bicyclic) bond motifs is 1. The van der Waals surface area contributed by atoms with Crippen molar-refractivity contribution in [3.05, 3.63) is 34.4 Å². The fraction of sp³-hybridized carbons (Fsp3) is 0.471. The topological polar surface area (TPSA) is 75.3 Å². The van der Waals surface area contributed by atoms with Crippen LogP contribution in [0.4, 0.5) is 5.69 Å². The van der Waals surface area contributed by atoms with Crippen LogP contribution in [-0.2, 0) is 4.74 Å². The summed E-state index contributed by atoms with van der Waals surface area (Å²) in [6.07, 6.45) is 3.34. The highest BCUT2D eigenvalue weighted by atomic mass is 16.5. The maximum absolute atomic E-state index is 11.9. The second-order valence-corrected chi connectivity index (χ2v) is 6.33. The average molecular weight is 315 g/mol. The predicted molar refractivity (Wildman–Crippen MR) is 89.2 cm³/mol. The SMILES string of the molecule is COC1(C)CCN(c2cc(=O)[nH]c3cnc(C(C)=O)cc23)CC1. The molecule has 6 nitrogen and oxygen atoms in total. The lowest BCUT2D eigenvalue weighted by Gasteiger charge is -2.39. The third-order valence-corrected chi connectivity index (χ3v) is 4.72. The number of Topliss-reactive ketones (excluding diaryl/α,β-unsaturated/α-hetero) is 1. The van der Waals surface area contributed by atoms with Crippen LogP contribution < -0.4 is 10.5 Å². The minimum atomic E-state index is -0.162. The second kappa shape index (κ2) is 5.77. The summed E-state index contributed by atoms with van der Waals surface area (Å²) in [5.41, 5.74) is 1.64. The summed E-state index contributed by atoms with van der Waals surface area (Å²) in [6, 6.07) is 3.36. The molecule has 0 aromatic carbocycles. The first kappa shape index (κ1) is 15.7. The number of pyridine rings is 2. The van der Waals surface area contributed by atoms with E-state index in [-0.39, 0.29) is 16.9 Å². The van der Waals surface area contributed by atoms with E-state index in [0.717, 1.165) is 37.0 Å². The van der Waals surface area contributed by atoms with Gasteiger partial charge in [0.1, 0.15) is 5.69 Å². The number of ketones is 1. The van der Waals surface area contributed by atoms with E-state index in [1.807, 2.05) is 0 Å². The van der Waals surface area contributed by atoms with Crippen molar-refractivity contribution in [1.29, 1.82) is 0 Å². The van der Waals surface area contributed by atoms with Crippen molar-refractivity contribution < 1.29 is 9.53 Å². The molecule has 0 saturated carbocycles. The van der Waals surface area contributed by atoms with Crippen molar-refractivity contribution in [2.45, 2.75) is 32.3 Å². The highest BCUT2D eigenvalue weighted by molar-refractivity contribution is 5.99. The number of aromatic nitrogens is 2. The van der Waals surface area contributed by atoms with Crippen LogP contribution in [0.1, 0.15) is 37.2 Å². The van der Waals surface area contributed by atoms with Gasteiger partial charge in [-0.2, -0.15) is 0 Å². The Kier molecular flexibility index (Phi) is 3.93. The summed E-state index contributed by atoms with van der Waals surface area (Å²) in [6.45, 7) is 5.21. The zero-order valence-corrected chi connectivity index (χ0v) is 13.7. The average Bonchev–Trinajstić information content (AvgIpc) is 2.54. The predicted octanol–water partition coefficient (Wildman–Crippen LogP) is 2.13. The van der Waals surface area contributed by atoms with Gasteiger partial charge in [-0.15, -0.1) is 0 Å². The van der Waals surface area contributed by atoms with Gasteiger partial charge in [-0.3, -0.25) is 14.6 Å². The van der Waals surface area contributed by atoms with Gasteiger partial charge in [0.25, 0.3) is 5.56 Å². The molecule has 0 radical (unpaired) electrons. The van der Waals surface area contributed by atoms with Crippen molar-refractivity contribution >= 4 is 22.4 Å². The van der Waals surface area contributed by atoms with Crippen LogP contribution in [0.5, 0.6) is 0 Å². The number of hydrogen-bond acceptors (Lipinski definition) is 5. The van der Waals surface area contributed by atoms with Gasteiger partial charge >= 0.3 is 0 Å². The highest BCUT2D eigenvalue weighted by Crippen LogP contribution is 2.31.